The molecule has 0 saturated heterocycles. The van der Waals surface area contributed by atoms with Crippen molar-refractivity contribution < 1.29 is 0 Å². The summed E-state index contributed by atoms with van der Waals surface area (Å²) < 4.78 is 0. The van der Waals surface area contributed by atoms with Crippen molar-refractivity contribution in [2.45, 2.75) is 6.42 Å². The number of hydrogen-bond acceptors (Lipinski definition) is 3. The highest BCUT2D eigenvalue weighted by Gasteiger charge is 1.86. The van der Waals surface area contributed by atoms with Crippen molar-refractivity contribution in [2.24, 2.45) is 0 Å². The second-order valence-corrected chi connectivity index (χ2v) is 3.84. The molecule has 0 saturated carbocycles. The highest BCUT2D eigenvalue weighted by Crippen LogP contribution is 2.00. The second kappa shape index (κ2) is 10.4. The van der Waals surface area contributed by atoms with Crippen LogP contribution in [0.5, 0.6) is 0 Å². The lowest BCUT2D eigenvalue weighted by molar-refractivity contribution is 0.775. The Kier molecular flexibility index (Phi) is 10.8. The molecule has 0 aromatic rings. The number of thioether (sulfide) groups is 1. The Bertz CT molecular complexity index is 86.2. The van der Waals surface area contributed by atoms with Gasteiger partial charge in [-0.3, -0.25) is 0 Å². The van der Waals surface area contributed by atoms with E-state index in [2.05, 4.69) is 24.5 Å². The maximum atomic E-state index is 4.10. The molecule has 3 heteroatoms. The Morgan fingerprint density at radius 2 is 2.18 bits per heavy atom. The van der Waals surface area contributed by atoms with E-state index in [0.29, 0.717) is 0 Å². The molecular weight excluding hydrogens is 174 g/mol. The van der Waals surface area contributed by atoms with Crippen molar-refractivity contribution in [3.63, 3.8) is 0 Å². The van der Waals surface area contributed by atoms with Crippen LogP contribution in [0.15, 0.2) is 12.7 Å². The smallest absolute Gasteiger partial charge is 0.00582 e. The van der Waals surface area contributed by atoms with Gasteiger partial charge in [0, 0.05) is 24.6 Å². The molecule has 0 fully saturated rings. The van der Waals surface area contributed by atoms with E-state index in [1.54, 1.807) is 0 Å². The first kappa shape index (κ1) is 11.4. The summed E-state index contributed by atoms with van der Waals surface area (Å²) in [5.41, 5.74) is 0. The van der Waals surface area contributed by atoms with Crippen molar-refractivity contribution in [1.29, 1.82) is 0 Å². The number of thiol groups is 1. The third-order valence-electron chi connectivity index (χ3n) is 1.18. The second-order valence-electron chi connectivity index (χ2n) is 2.16. The fraction of sp³-hybridized carbons (Fsp3) is 0.750. The normalized spacial score (nSPS) is 9.91. The quantitative estimate of drug-likeness (QED) is 0.345. The van der Waals surface area contributed by atoms with E-state index in [9.17, 15) is 0 Å². The molecule has 0 aromatic heterocycles. The zero-order valence-electron chi connectivity index (χ0n) is 6.88. The first-order chi connectivity index (χ1) is 5.41. The molecule has 0 aliphatic carbocycles. The van der Waals surface area contributed by atoms with Crippen LogP contribution < -0.4 is 5.32 Å². The Labute approximate surface area is 79.4 Å². The molecule has 11 heavy (non-hydrogen) atoms. The van der Waals surface area contributed by atoms with Crippen LogP contribution in [-0.2, 0) is 0 Å². The van der Waals surface area contributed by atoms with Gasteiger partial charge in [-0.05, 0) is 12.2 Å². The lowest BCUT2D eigenvalue weighted by Crippen LogP contribution is -2.19. The minimum Gasteiger partial charge on any atom is -0.315 e. The van der Waals surface area contributed by atoms with Gasteiger partial charge in [0.25, 0.3) is 0 Å². The standard InChI is InChI=1S/C8H17NS2/c1-2-3-7-11-8-5-9-4-6-10/h2,9-10H,1,3-8H2. The average molecular weight is 191 g/mol. The molecule has 0 amide bonds. The number of allylic oxidation sites excluding steroid dienone is 1. The van der Waals surface area contributed by atoms with Gasteiger partial charge >= 0.3 is 0 Å². The van der Waals surface area contributed by atoms with Gasteiger partial charge in [-0.25, -0.2) is 0 Å². The Morgan fingerprint density at radius 3 is 2.82 bits per heavy atom. The van der Waals surface area contributed by atoms with Gasteiger partial charge in [-0.2, -0.15) is 24.4 Å². The molecular formula is C8H17NS2. The maximum Gasteiger partial charge on any atom is 0.00582 e. The highest BCUT2D eigenvalue weighted by atomic mass is 32.2. The molecule has 0 unspecified atom stereocenters. The fourth-order valence-electron chi connectivity index (χ4n) is 0.617. The molecule has 0 aromatic carbocycles. The van der Waals surface area contributed by atoms with Crippen LogP contribution in [0.1, 0.15) is 6.42 Å². The molecule has 0 spiro atoms. The Hall–Kier alpha value is 0.400. The Morgan fingerprint density at radius 1 is 1.36 bits per heavy atom. The van der Waals surface area contributed by atoms with Crippen LogP contribution >= 0.6 is 24.4 Å². The van der Waals surface area contributed by atoms with Crippen LogP contribution in [0.4, 0.5) is 0 Å². The third kappa shape index (κ3) is 10.4. The van der Waals surface area contributed by atoms with E-state index in [4.69, 9.17) is 0 Å². The van der Waals surface area contributed by atoms with Crippen LogP contribution in [0.25, 0.3) is 0 Å². The number of rotatable bonds is 8. The molecule has 66 valence electrons. The monoisotopic (exact) mass is 191 g/mol. The van der Waals surface area contributed by atoms with E-state index >= 15 is 0 Å². The lowest BCUT2D eigenvalue weighted by Gasteiger charge is -2.00. The fourth-order valence-corrected chi connectivity index (χ4v) is 1.60. The average Bonchev–Trinajstić information content (AvgIpc) is 2.03. The minimum atomic E-state index is 0.928. The summed E-state index contributed by atoms with van der Waals surface area (Å²) in [6.45, 7) is 5.79. The summed E-state index contributed by atoms with van der Waals surface area (Å²) in [4.78, 5) is 0. The summed E-state index contributed by atoms with van der Waals surface area (Å²) in [5.74, 6) is 3.32. The van der Waals surface area contributed by atoms with E-state index in [0.717, 1.165) is 25.3 Å². The van der Waals surface area contributed by atoms with Crippen LogP contribution in [0.2, 0.25) is 0 Å². The number of hydrogen-bond donors (Lipinski definition) is 2. The van der Waals surface area contributed by atoms with Crippen molar-refractivity contribution in [3.05, 3.63) is 12.7 Å². The topological polar surface area (TPSA) is 12.0 Å². The zero-order chi connectivity index (χ0) is 8.36. The van der Waals surface area contributed by atoms with Gasteiger partial charge in [-0.15, -0.1) is 6.58 Å². The zero-order valence-corrected chi connectivity index (χ0v) is 8.59. The van der Waals surface area contributed by atoms with Gasteiger partial charge in [0.2, 0.25) is 0 Å². The summed E-state index contributed by atoms with van der Waals surface area (Å²) in [7, 11) is 0. The molecule has 0 aliphatic heterocycles. The largest absolute Gasteiger partial charge is 0.315 e. The van der Waals surface area contributed by atoms with Crippen molar-refractivity contribution in [2.75, 3.05) is 30.3 Å². The summed E-state index contributed by atoms with van der Waals surface area (Å²) in [6.07, 6.45) is 3.09. The predicted molar refractivity (Wildman–Crippen MR) is 58.9 cm³/mol. The van der Waals surface area contributed by atoms with E-state index in [-0.39, 0.29) is 0 Å². The highest BCUT2D eigenvalue weighted by molar-refractivity contribution is 7.99. The van der Waals surface area contributed by atoms with Crippen molar-refractivity contribution in [1.82, 2.24) is 5.32 Å². The van der Waals surface area contributed by atoms with Crippen LogP contribution in [-0.4, -0.2) is 30.3 Å². The van der Waals surface area contributed by atoms with Gasteiger partial charge in [0.1, 0.15) is 0 Å². The SMILES string of the molecule is C=CCCSCCNCCS. The van der Waals surface area contributed by atoms with E-state index < -0.39 is 0 Å². The van der Waals surface area contributed by atoms with Crippen LogP contribution in [0.3, 0.4) is 0 Å². The molecule has 0 heterocycles. The van der Waals surface area contributed by atoms with Crippen LogP contribution in [0, 0.1) is 0 Å². The van der Waals surface area contributed by atoms with E-state index in [1.807, 2.05) is 17.8 Å². The van der Waals surface area contributed by atoms with Gasteiger partial charge in [-0.1, -0.05) is 6.08 Å². The first-order valence-corrected chi connectivity index (χ1v) is 5.70. The molecule has 0 aliphatic rings. The molecule has 1 N–H and O–H groups in total. The van der Waals surface area contributed by atoms with Gasteiger partial charge in [0.05, 0.1) is 0 Å². The third-order valence-corrected chi connectivity index (χ3v) is 2.42. The molecule has 0 radical (unpaired) electrons. The Balaban J connectivity index is 2.74. The summed E-state index contributed by atoms with van der Waals surface area (Å²) >= 11 is 6.07. The van der Waals surface area contributed by atoms with Crippen molar-refractivity contribution >= 4 is 24.4 Å². The minimum absolute atomic E-state index is 0.928. The lowest BCUT2D eigenvalue weighted by atomic mass is 10.5. The molecule has 0 bridgehead atoms. The van der Waals surface area contributed by atoms with Gasteiger partial charge < -0.3 is 5.32 Å². The van der Waals surface area contributed by atoms with Gasteiger partial charge in [0.15, 0.2) is 0 Å². The molecule has 0 atom stereocenters. The van der Waals surface area contributed by atoms with E-state index in [1.165, 1.54) is 11.5 Å². The molecule has 0 rings (SSSR count). The summed E-state index contributed by atoms with van der Waals surface area (Å²) in [6, 6.07) is 0. The summed E-state index contributed by atoms with van der Waals surface area (Å²) in [5, 5.41) is 3.29. The number of nitrogens with one attached hydrogen (secondary N) is 1. The first-order valence-electron chi connectivity index (χ1n) is 3.92. The molecule has 1 nitrogen and oxygen atoms in total. The van der Waals surface area contributed by atoms with Crippen molar-refractivity contribution in [3.8, 4) is 0 Å². The maximum absolute atomic E-state index is 4.10. The predicted octanol–water partition coefficient (Wildman–Crippen LogP) is 1.82.